The molecule has 1 rings (SSSR count). The summed E-state index contributed by atoms with van der Waals surface area (Å²) in [5, 5.41) is 0. The first kappa shape index (κ1) is 13.0. The molecule has 3 heteroatoms. The zero-order chi connectivity index (χ0) is 10.6. The van der Waals surface area contributed by atoms with Gasteiger partial charge in [0.1, 0.15) is 0 Å². The molecule has 2 atom stereocenters. The van der Waals surface area contributed by atoms with Crippen LogP contribution in [0, 0.1) is 5.92 Å². The maximum absolute atomic E-state index is 6.15. The lowest BCUT2D eigenvalue weighted by molar-refractivity contribution is -0.0946. The van der Waals surface area contributed by atoms with Crippen LogP contribution < -0.4 is 0 Å². The molecular formula is C11H20ClIO. The summed E-state index contributed by atoms with van der Waals surface area (Å²) < 4.78 is 7.12. The smallest absolute Gasteiger partial charge is 0.0881 e. The largest absolute Gasteiger partial charge is 0.370 e. The van der Waals surface area contributed by atoms with Gasteiger partial charge in [0.15, 0.2) is 0 Å². The number of halogens is 2. The summed E-state index contributed by atoms with van der Waals surface area (Å²) >= 11 is 8.31. The van der Waals surface area contributed by atoms with Gasteiger partial charge in [-0.25, -0.2) is 0 Å². The van der Waals surface area contributed by atoms with E-state index < -0.39 is 0 Å². The van der Waals surface area contributed by atoms with Crippen LogP contribution in [0.15, 0.2) is 0 Å². The highest BCUT2D eigenvalue weighted by atomic mass is 127. The molecule has 0 heterocycles. The normalized spacial score (nSPS) is 24.0. The third-order valence-corrected chi connectivity index (χ3v) is 5.26. The first-order valence-electron chi connectivity index (χ1n) is 5.45. The Kier molecular flexibility index (Phi) is 5.50. The van der Waals surface area contributed by atoms with E-state index in [0.717, 1.165) is 16.8 Å². The van der Waals surface area contributed by atoms with Crippen LogP contribution in [0.4, 0.5) is 0 Å². The quantitative estimate of drug-likeness (QED) is 0.528. The predicted octanol–water partition coefficient (Wildman–Crippen LogP) is 4.01. The molecular weight excluding hydrogens is 310 g/mol. The van der Waals surface area contributed by atoms with Gasteiger partial charge in [0.05, 0.1) is 17.6 Å². The van der Waals surface area contributed by atoms with Gasteiger partial charge in [-0.2, -0.15) is 0 Å². The second kappa shape index (κ2) is 5.90. The Hall–Kier alpha value is 0.980. The van der Waals surface area contributed by atoms with Gasteiger partial charge in [0, 0.05) is 4.43 Å². The highest BCUT2D eigenvalue weighted by molar-refractivity contribution is 14.1. The van der Waals surface area contributed by atoms with Crippen LogP contribution in [0.2, 0.25) is 0 Å². The van der Waals surface area contributed by atoms with Gasteiger partial charge in [0.2, 0.25) is 0 Å². The zero-order valence-electron chi connectivity index (χ0n) is 9.06. The molecule has 0 spiro atoms. The van der Waals surface area contributed by atoms with Gasteiger partial charge >= 0.3 is 0 Å². The van der Waals surface area contributed by atoms with Crippen LogP contribution in [-0.4, -0.2) is 22.0 Å². The van der Waals surface area contributed by atoms with Crippen LogP contribution in [-0.2, 0) is 4.74 Å². The van der Waals surface area contributed by atoms with Gasteiger partial charge in [-0.15, -0.1) is 11.6 Å². The highest BCUT2D eigenvalue weighted by Gasteiger charge is 2.33. The molecule has 14 heavy (non-hydrogen) atoms. The zero-order valence-corrected chi connectivity index (χ0v) is 12.0. The summed E-state index contributed by atoms with van der Waals surface area (Å²) in [6.45, 7) is 4.33. The van der Waals surface area contributed by atoms with Crippen molar-refractivity contribution in [3.8, 4) is 0 Å². The molecule has 0 saturated heterocycles. The minimum Gasteiger partial charge on any atom is -0.370 e. The van der Waals surface area contributed by atoms with Crippen molar-refractivity contribution < 1.29 is 4.74 Å². The lowest BCUT2D eigenvalue weighted by Gasteiger charge is -2.38. The topological polar surface area (TPSA) is 9.23 Å². The van der Waals surface area contributed by atoms with Crippen LogP contribution >= 0.6 is 34.2 Å². The summed E-state index contributed by atoms with van der Waals surface area (Å²) in [7, 11) is 0. The Morgan fingerprint density at radius 3 is 2.50 bits per heavy atom. The fourth-order valence-electron chi connectivity index (χ4n) is 1.79. The molecule has 1 saturated carbocycles. The van der Waals surface area contributed by atoms with Crippen molar-refractivity contribution in [3.63, 3.8) is 0 Å². The molecule has 2 unspecified atom stereocenters. The monoisotopic (exact) mass is 330 g/mol. The molecule has 0 aliphatic heterocycles. The van der Waals surface area contributed by atoms with Crippen molar-refractivity contribution in [1.29, 1.82) is 0 Å². The van der Waals surface area contributed by atoms with E-state index in [1.807, 2.05) is 0 Å². The Morgan fingerprint density at radius 1 is 1.57 bits per heavy atom. The van der Waals surface area contributed by atoms with Crippen LogP contribution in [0.25, 0.3) is 0 Å². The van der Waals surface area contributed by atoms with Crippen molar-refractivity contribution in [2.45, 2.75) is 51.2 Å². The molecule has 0 aromatic rings. The molecule has 1 nitrogen and oxygen atoms in total. The summed E-state index contributed by atoms with van der Waals surface area (Å²) in [6, 6.07) is 0. The number of hydrogen-bond donors (Lipinski definition) is 0. The van der Waals surface area contributed by atoms with Crippen LogP contribution in [0.3, 0.4) is 0 Å². The standard InChI is InChI=1S/C11H20ClIO/c1-3-10(9-5-4-6-9)14-11(2,7-12)8-13/h9-10H,3-8H2,1-2H3. The number of hydrogen-bond acceptors (Lipinski definition) is 1. The van der Waals surface area contributed by atoms with Crippen molar-refractivity contribution in [1.82, 2.24) is 0 Å². The SMILES string of the molecule is CCC(OC(C)(CCl)CI)C1CCC1. The first-order chi connectivity index (χ1) is 6.65. The molecule has 1 aliphatic carbocycles. The molecule has 1 fully saturated rings. The van der Waals surface area contributed by atoms with E-state index in [2.05, 4.69) is 36.4 Å². The molecule has 84 valence electrons. The van der Waals surface area contributed by atoms with Gasteiger partial charge in [0.25, 0.3) is 0 Å². The van der Waals surface area contributed by atoms with Crippen molar-refractivity contribution in [2.75, 3.05) is 10.3 Å². The minimum atomic E-state index is -0.127. The first-order valence-corrected chi connectivity index (χ1v) is 7.51. The fourth-order valence-corrected chi connectivity index (χ4v) is 2.71. The van der Waals surface area contributed by atoms with E-state index in [1.165, 1.54) is 19.3 Å². The van der Waals surface area contributed by atoms with Crippen LogP contribution in [0.1, 0.15) is 39.5 Å². The van der Waals surface area contributed by atoms with E-state index in [4.69, 9.17) is 16.3 Å². The molecule has 0 N–H and O–H groups in total. The second-order valence-corrected chi connectivity index (χ2v) is 5.50. The Morgan fingerprint density at radius 2 is 2.21 bits per heavy atom. The lowest BCUT2D eigenvalue weighted by atomic mass is 9.80. The van der Waals surface area contributed by atoms with Gasteiger partial charge in [-0.05, 0) is 32.1 Å². The number of ether oxygens (including phenoxy) is 1. The van der Waals surface area contributed by atoms with Gasteiger partial charge in [-0.1, -0.05) is 35.9 Å². The minimum absolute atomic E-state index is 0.127. The van der Waals surface area contributed by atoms with Crippen molar-refractivity contribution >= 4 is 34.2 Å². The molecule has 0 bridgehead atoms. The Bertz CT molecular complexity index is 167. The lowest BCUT2D eigenvalue weighted by Crippen LogP contribution is -2.41. The molecule has 0 aromatic carbocycles. The van der Waals surface area contributed by atoms with Crippen molar-refractivity contribution in [2.24, 2.45) is 5.92 Å². The second-order valence-electron chi connectivity index (χ2n) is 4.47. The number of alkyl halides is 2. The third kappa shape index (κ3) is 3.24. The Labute approximate surface area is 106 Å². The predicted molar refractivity (Wildman–Crippen MR) is 70.5 cm³/mol. The Balaban J connectivity index is 2.45. The third-order valence-electron chi connectivity index (χ3n) is 3.08. The number of rotatable bonds is 6. The molecule has 0 radical (unpaired) electrons. The highest BCUT2D eigenvalue weighted by Crippen LogP contribution is 2.35. The maximum Gasteiger partial charge on any atom is 0.0881 e. The average Bonchev–Trinajstić information content (AvgIpc) is 2.14. The summed E-state index contributed by atoms with van der Waals surface area (Å²) in [6.07, 6.45) is 5.62. The van der Waals surface area contributed by atoms with Gasteiger partial charge in [-0.3, -0.25) is 0 Å². The van der Waals surface area contributed by atoms with E-state index in [-0.39, 0.29) is 5.60 Å². The van der Waals surface area contributed by atoms with Crippen molar-refractivity contribution in [3.05, 3.63) is 0 Å². The van der Waals surface area contributed by atoms with Gasteiger partial charge < -0.3 is 4.74 Å². The fraction of sp³-hybridized carbons (Fsp3) is 1.00. The van der Waals surface area contributed by atoms with E-state index in [0.29, 0.717) is 12.0 Å². The van der Waals surface area contributed by atoms with E-state index in [9.17, 15) is 0 Å². The molecule has 0 amide bonds. The maximum atomic E-state index is 6.15. The molecule has 1 aliphatic rings. The molecule has 0 aromatic heterocycles. The van der Waals surface area contributed by atoms with E-state index in [1.54, 1.807) is 0 Å². The summed E-state index contributed by atoms with van der Waals surface area (Å²) in [4.78, 5) is 0. The van der Waals surface area contributed by atoms with Crippen LogP contribution in [0.5, 0.6) is 0 Å². The summed E-state index contributed by atoms with van der Waals surface area (Å²) in [5.74, 6) is 1.39. The summed E-state index contributed by atoms with van der Waals surface area (Å²) in [5.41, 5.74) is -0.127. The van der Waals surface area contributed by atoms with E-state index >= 15 is 0 Å². The average molecular weight is 331 g/mol.